The Bertz CT molecular complexity index is 1210. The highest BCUT2D eigenvalue weighted by Crippen LogP contribution is 2.30. The molecule has 4 aromatic rings. The first kappa shape index (κ1) is 21.1. The molecular weight excluding hydrogens is 401 g/mol. The van der Waals surface area contributed by atoms with Crippen molar-refractivity contribution in [2.45, 2.75) is 32.2 Å². The zero-order valence-corrected chi connectivity index (χ0v) is 18.5. The smallest absolute Gasteiger partial charge is 0.123 e. The van der Waals surface area contributed by atoms with E-state index in [0.717, 1.165) is 48.0 Å². The second-order valence-corrected chi connectivity index (χ2v) is 9.01. The van der Waals surface area contributed by atoms with Gasteiger partial charge in [-0.25, -0.2) is 4.39 Å². The second kappa shape index (κ2) is 9.02. The normalized spacial score (nSPS) is 19.0. The van der Waals surface area contributed by atoms with Crippen molar-refractivity contribution in [1.29, 1.82) is 0 Å². The van der Waals surface area contributed by atoms with E-state index in [0.29, 0.717) is 19.1 Å². The molecule has 1 unspecified atom stereocenters. The van der Waals surface area contributed by atoms with E-state index in [-0.39, 0.29) is 5.82 Å². The molecule has 0 aliphatic carbocycles. The van der Waals surface area contributed by atoms with Crippen LogP contribution in [-0.2, 0) is 13.1 Å². The van der Waals surface area contributed by atoms with Gasteiger partial charge in [0.1, 0.15) is 5.82 Å². The minimum atomic E-state index is -0.498. The lowest BCUT2D eigenvalue weighted by Crippen LogP contribution is -2.53. The SMILES string of the molecule is C[C@H]1CN(Cc2ccccc2)CCN1CC(O)Cn1c2ccccc2c2cc(F)ccc21. The van der Waals surface area contributed by atoms with Crippen molar-refractivity contribution >= 4 is 21.8 Å². The average Bonchev–Trinajstić information content (AvgIpc) is 3.09. The van der Waals surface area contributed by atoms with Crippen LogP contribution in [0, 0.1) is 5.82 Å². The van der Waals surface area contributed by atoms with Crippen molar-refractivity contribution in [1.82, 2.24) is 14.4 Å². The Kier molecular flexibility index (Phi) is 5.96. The molecule has 32 heavy (non-hydrogen) atoms. The van der Waals surface area contributed by atoms with Crippen LogP contribution in [0.2, 0.25) is 0 Å². The quantitative estimate of drug-likeness (QED) is 0.488. The number of nitrogens with zero attached hydrogens (tertiary/aromatic N) is 3. The van der Waals surface area contributed by atoms with Crippen molar-refractivity contribution in [2.24, 2.45) is 0 Å². The molecule has 2 heterocycles. The molecule has 0 bridgehead atoms. The minimum absolute atomic E-state index is 0.233. The van der Waals surface area contributed by atoms with Crippen molar-refractivity contribution in [3.63, 3.8) is 0 Å². The topological polar surface area (TPSA) is 31.6 Å². The van der Waals surface area contributed by atoms with Gasteiger partial charge in [-0.1, -0.05) is 48.5 Å². The molecule has 1 saturated heterocycles. The van der Waals surface area contributed by atoms with Crippen molar-refractivity contribution in [2.75, 3.05) is 26.2 Å². The van der Waals surface area contributed by atoms with Gasteiger partial charge in [-0.2, -0.15) is 0 Å². The summed E-state index contributed by atoms with van der Waals surface area (Å²) in [6.45, 7) is 7.29. The molecule has 3 aromatic carbocycles. The molecule has 1 aliphatic rings. The molecule has 5 heteroatoms. The van der Waals surface area contributed by atoms with Crippen LogP contribution in [0.4, 0.5) is 4.39 Å². The van der Waals surface area contributed by atoms with Gasteiger partial charge in [0.2, 0.25) is 0 Å². The van der Waals surface area contributed by atoms with E-state index >= 15 is 0 Å². The molecule has 0 saturated carbocycles. The first-order valence-electron chi connectivity index (χ1n) is 11.4. The van der Waals surface area contributed by atoms with E-state index in [9.17, 15) is 9.50 Å². The number of hydrogen-bond donors (Lipinski definition) is 1. The maximum Gasteiger partial charge on any atom is 0.123 e. The second-order valence-electron chi connectivity index (χ2n) is 9.01. The Morgan fingerprint density at radius 1 is 0.906 bits per heavy atom. The number of para-hydroxylation sites is 1. The number of rotatable bonds is 6. The van der Waals surface area contributed by atoms with Gasteiger partial charge in [-0.05, 0) is 36.8 Å². The third-order valence-electron chi connectivity index (χ3n) is 6.67. The molecular formula is C27H30FN3O. The summed E-state index contributed by atoms with van der Waals surface area (Å²) in [4.78, 5) is 4.88. The lowest BCUT2D eigenvalue weighted by atomic mass is 10.1. The first-order chi connectivity index (χ1) is 15.6. The number of benzene rings is 3. The van der Waals surface area contributed by atoms with Gasteiger partial charge in [-0.3, -0.25) is 9.80 Å². The highest BCUT2D eigenvalue weighted by molar-refractivity contribution is 6.08. The third-order valence-corrected chi connectivity index (χ3v) is 6.67. The fraction of sp³-hybridized carbons (Fsp3) is 0.333. The number of fused-ring (bicyclic) bond motifs is 3. The third kappa shape index (κ3) is 4.29. The number of halogens is 1. The van der Waals surface area contributed by atoms with Gasteiger partial charge >= 0.3 is 0 Å². The summed E-state index contributed by atoms with van der Waals surface area (Å²) >= 11 is 0. The molecule has 2 atom stereocenters. The van der Waals surface area contributed by atoms with E-state index < -0.39 is 6.10 Å². The Morgan fingerprint density at radius 2 is 1.66 bits per heavy atom. The molecule has 0 spiro atoms. The minimum Gasteiger partial charge on any atom is -0.390 e. The van der Waals surface area contributed by atoms with Gasteiger partial charge < -0.3 is 9.67 Å². The zero-order chi connectivity index (χ0) is 22.1. The summed E-state index contributed by atoms with van der Waals surface area (Å²) in [6.07, 6.45) is -0.498. The molecule has 1 aromatic heterocycles. The summed E-state index contributed by atoms with van der Waals surface area (Å²) in [7, 11) is 0. The molecule has 1 fully saturated rings. The largest absolute Gasteiger partial charge is 0.390 e. The molecule has 166 valence electrons. The Hall–Kier alpha value is -2.73. The van der Waals surface area contributed by atoms with Crippen LogP contribution in [0.1, 0.15) is 12.5 Å². The van der Waals surface area contributed by atoms with Crippen molar-refractivity contribution in [3.05, 3.63) is 84.2 Å². The fourth-order valence-corrected chi connectivity index (χ4v) is 5.09. The van der Waals surface area contributed by atoms with Crippen LogP contribution in [-0.4, -0.2) is 57.8 Å². The van der Waals surface area contributed by atoms with Crippen LogP contribution in [0.5, 0.6) is 0 Å². The number of aromatic nitrogens is 1. The maximum atomic E-state index is 13.9. The molecule has 1 aliphatic heterocycles. The number of aliphatic hydroxyl groups is 1. The summed E-state index contributed by atoms with van der Waals surface area (Å²) in [5.74, 6) is -0.233. The van der Waals surface area contributed by atoms with E-state index in [1.165, 1.54) is 11.6 Å². The Balaban J connectivity index is 1.27. The molecule has 5 rings (SSSR count). The average molecular weight is 432 g/mol. The molecule has 1 N–H and O–H groups in total. The van der Waals surface area contributed by atoms with Gasteiger partial charge in [-0.15, -0.1) is 0 Å². The monoisotopic (exact) mass is 431 g/mol. The molecule has 0 radical (unpaired) electrons. The van der Waals surface area contributed by atoms with E-state index in [1.54, 1.807) is 6.07 Å². The van der Waals surface area contributed by atoms with Crippen molar-refractivity contribution in [3.8, 4) is 0 Å². The van der Waals surface area contributed by atoms with Crippen LogP contribution >= 0.6 is 0 Å². The van der Waals surface area contributed by atoms with Crippen LogP contribution < -0.4 is 0 Å². The van der Waals surface area contributed by atoms with Crippen molar-refractivity contribution < 1.29 is 9.50 Å². The van der Waals surface area contributed by atoms with Gasteiger partial charge in [0.15, 0.2) is 0 Å². The van der Waals surface area contributed by atoms with Gasteiger partial charge in [0.05, 0.1) is 12.6 Å². The summed E-state index contributed by atoms with van der Waals surface area (Å²) in [6, 6.07) is 23.9. The predicted molar refractivity (Wildman–Crippen MR) is 128 cm³/mol. The van der Waals surface area contributed by atoms with E-state index in [2.05, 4.69) is 51.6 Å². The van der Waals surface area contributed by atoms with E-state index in [1.807, 2.05) is 30.3 Å². The zero-order valence-electron chi connectivity index (χ0n) is 18.5. The predicted octanol–water partition coefficient (Wildman–Crippen LogP) is 4.50. The maximum absolute atomic E-state index is 13.9. The standard InChI is InChI=1S/C27H30FN3O/c1-20-16-29(17-21-7-3-2-4-8-21)13-14-30(20)18-23(32)19-31-26-10-6-5-9-24(26)25-15-22(28)11-12-27(25)31/h2-12,15,20,23,32H,13-14,16-19H2,1H3/t20-,23?/m0/s1. The highest BCUT2D eigenvalue weighted by atomic mass is 19.1. The van der Waals surface area contributed by atoms with Gasteiger partial charge in [0.25, 0.3) is 0 Å². The first-order valence-corrected chi connectivity index (χ1v) is 11.4. The van der Waals surface area contributed by atoms with Gasteiger partial charge in [0, 0.05) is 60.6 Å². The number of aliphatic hydroxyl groups excluding tert-OH is 1. The Labute approximate surface area is 188 Å². The fourth-order valence-electron chi connectivity index (χ4n) is 5.09. The van der Waals surface area contributed by atoms with Crippen LogP contribution in [0.25, 0.3) is 21.8 Å². The Morgan fingerprint density at radius 3 is 2.47 bits per heavy atom. The lowest BCUT2D eigenvalue weighted by Gasteiger charge is -2.40. The van der Waals surface area contributed by atoms with Crippen LogP contribution in [0.15, 0.2) is 72.8 Å². The summed E-state index contributed by atoms with van der Waals surface area (Å²) < 4.78 is 16.0. The number of hydrogen-bond acceptors (Lipinski definition) is 3. The number of piperazine rings is 1. The molecule has 4 nitrogen and oxygen atoms in total. The summed E-state index contributed by atoms with van der Waals surface area (Å²) in [5.41, 5.74) is 3.34. The number of β-amino-alcohol motifs (C(OH)–C–C–N with tert-alkyl or cyclic N) is 1. The summed E-state index contributed by atoms with van der Waals surface area (Å²) in [5, 5.41) is 12.9. The molecule has 0 amide bonds. The van der Waals surface area contributed by atoms with Crippen LogP contribution in [0.3, 0.4) is 0 Å². The van der Waals surface area contributed by atoms with E-state index in [4.69, 9.17) is 0 Å². The highest BCUT2D eigenvalue weighted by Gasteiger charge is 2.26. The lowest BCUT2D eigenvalue weighted by molar-refractivity contribution is 0.0319.